The van der Waals surface area contributed by atoms with Crippen molar-refractivity contribution >= 4 is 23.3 Å². The van der Waals surface area contributed by atoms with Gasteiger partial charge in [0.25, 0.3) is 5.91 Å². The first-order valence-corrected chi connectivity index (χ1v) is 9.24. The summed E-state index contributed by atoms with van der Waals surface area (Å²) in [5.74, 6) is 0.243. The predicted molar refractivity (Wildman–Crippen MR) is 108 cm³/mol. The lowest BCUT2D eigenvalue weighted by Crippen LogP contribution is -2.27. The van der Waals surface area contributed by atoms with Crippen molar-refractivity contribution in [2.24, 2.45) is 0 Å². The molecule has 0 aliphatic rings. The molecule has 0 aliphatic heterocycles. The molecule has 0 saturated heterocycles. The fourth-order valence-corrected chi connectivity index (χ4v) is 2.81. The number of hydrogen-bond donors (Lipinski definition) is 1. The zero-order valence-electron chi connectivity index (χ0n) is 15.7. The van der Waals surface area contributed by atoms with Crippen molar-refractivity contribution in [2.75, 3.05) is 6.54 Å². The van der Waals surface area contributed by atoms with Gasteiger partial charge in [-0.2, -0.15) is 4.68 Å². The lowest BCUT2D eigenvalue weighted by Gasteiger charge is -2.09. The minimum Gasteiger partial charge on any atom is -0.489 e. The minimum atomic E-state index is -0.542. The Morgan fingerprint density at radius 1 is 1.24 bits per heavy atom. The zero-order valence-corrected chi connectivity index (χ0v) is 16.4. The van der Waals surface area contributed by atoms with E-state index < -0.39 is 4.92 Å². The van der Waals surface area contributed by atoms with Gasteiger partial charge >= 0.3 is 5.82 Å². The number of nitro groups is 1. The highest BCUT2D eigenvalue weighted by atomic mass is 35.5. The average molecular weight is 415 g/mol. The molecule has 0 bridgehead atoms. The Bertz CT molecular complexity index is 1020. The largest absolute Gasteiger partial charge is 0.489 e. The van der Waals surface area contributed by atoms with E-state index in [-0.39, 0.29) is 11.7 Å². The van der Waals surface area contributed by atoms with E-state index in [4.69, 9.17) is 16.3 Å². The highest BCUT2D eigenvalue weighted by Crippen LogP contribution is 2.17. The molecule has 8 nitrogen and oxygen atoms in total. The lowest BCUT2D eigenvalue weighted by atomic mass is 10.1. The first-order valence-electron chi connectivity index (χ1n) is 8.87. The van der Waals surface area contributed by atoms with Gasteiger partial charge in [0.2, 0.25) is 0 Å². The Labute approximate surface area is 172 Å². The van der Waals surface area contributed by atoms with Crippen LogP contribution in [-0.2, 0) is 13.2 Å². The summed E-state index contributed by atoms with van der Waals surface area (Å²) in [4.78, 5) is 22.6. The summed E-state index contributed by atoms with van der Waals surface area (Å²) >= 11 is 5.85. The summed E-state index contributed by atoms with van der Waals surface area (Å²) in [6.45, 7) is 2.68. The number of hydrogen-bond acceptors (Lipinski definition) is 5. The van der Waals surface area contributed by atoms with Crippen LogP contribution in [0.4, 0.5) is 5.82 Å². The van der Waals surface area contributed by atoms with E-state index in [1.807, 2.05) is 6.07 Å². The number of halogens is 1. The molecule has 29 heavy (non-hydrogen) atoms. The van der Waals surface area contributed by atoms with E-state index in [9.17, 15) is 14.9 Å². The van der Waals surface area contributed by atoms with Gasteiger partial charge in [-0.1, -0.05) is 23.7 Å². The molecule has 0 spiro atoms. The number of ether oxygens (including phenoxy) is 1. The minimum absolute atomic E-state index is 0.206. The molecule has 1 N–H and O–H groups in total. The van der Waals surface area contributed by atoms with Gasteiger partial charge in [-0.15, -0.1) is 0 Å². The molecule has 1 amide bonds. The van der Waals surface area contributed by atoms with Gasteiger partial charge in [0.05, 0.1) is 23.4 Å². The maximum atomic E-state index is 12.4. The molecule has 150 valence electrons. The normalized spacial score (nSPS) is 10.6. The summed E-state index contributed by atoms with van der Waals surface area (Å²) in [6.07, 6.45) is 0. The molecule has 0 radical (unpaired) electrons. The molecule has 0 unspecified atom stereocenters. The highest BCUT2D eigenvalue weighted by Gasteiger charge is 2.15. The van der Waals surface area contributed by atoms with Crippen molar-refractivity contribution in [1.29, 1.82) is 0 Å². The quantitative estimate of drug-likeness (QED) is 0.447. The van der Waals surface area contributed by atoms with Crippen LogP contribution in [0.15, 0.2) is 54.6 Å². The van der Waals surface area contributed by atoms with Crippen LogP contribution in [-0.4, -0.2) is 27.2 Å². The van der Waals surface area contributed by atoms with Gasteiger partial charge in [0, 0.05) is 17.1 Å². The van der Waals surface area contributed by atoms with Crippen LogP contribution in [0, 0.1) is 17.0 Å². The third-order valence-corrected chi connectivity index (χ3v) is 4.42. The van der Waals surface area contributed by atoms with Crippen molar-refractivity contribution in [3.8, 4) is 5.75 Å². The Morgan fingerprint density at radius 2 is 2.00 bits per heavy atom. The molecule has 9 heteroatoms. The van der Waals surface area contributed by atoms with Gasteiger partial charge in [-0.3, -0.25) is 4.79 Å². The third-order valence-electron chi connectivity index (χ3n) is 4.17. The first-order chi connectivity index (χ1) is 13.9. The molecule has 2 aromatic carbocycles. The van der Waals surface area contributed by atoms with Crippen LogP contribution >= 0.6 is 11.6 Å². The topological polar surface area (TPSA) is 99.3 Å². The highest BCUT2D eigenvalue weighted by molar-refractivity contribution is 6.30. The van der Waals surface area contributed by atoms with Gasteiger partial charge in [0.15, 0.2) is 0 Å². The van der Waals surface area contributed by atoms with Crippen LogP contribution in [0.5, 0.6) is 5.75 Å². The molecular weight excluding hydrogens is 396 g/mol. The SMILES string of the molecule is Cc1cc([N+](=O)[O-])nn1CCNC(=O)c1cccc(COc2ccc(Cl)cc2)c1. The van der Waals surface area contributed by atoms with Crippen LogP contribution in [0.25, 0.3) is 0 Å². The van der Waals surface area contributed by atoms with E-state index in [1.165, 1.54) is 10.7 Å². The van der Waals surface area contributed by atoms with Crippen LogP contribution in [0.3, 0.4) is 0 Å². The van der Waals surface area contributed by atoms with Gasteiger partial charge in [-0.05, 0) is 53.8 Å². The number of carbonyl (C=O) groups excluding carboxylic acids is 1. The Kier molecular flexibility index (Phi) is 6.46. The Balaban J connectivity index is 1.53. The van der Waals surface area contributed by atoms with Crippen molar-refractivity contribution in [3.63, 3.8) is 0 Å². The summed E-state index contributed by atoms with van der Waals surface area (Å²) in [5, 5.41) is 18.1. The summed E-state index contributed by atoms with van der Waals surface area (Å²) in [5.41, 5.74) is 2.02. The van der Waals surface area contributed by atoms with E-state index in [2.05, 4.69) is 10.4 Å². The predicted octanol–water partition coefficient (Wildman–Crippen LogP) is 3.76. The second-order valence-corrected chi connectivity index (χ2v) is 6.76. The molecule has 0 saturated carbocycles. The van der Waals surface area contributed by atoms with Crippen molar-refractivity contribution in [3.05, 3.63) is 86.6 Å². The number of benzene rings is 2. The van der Waals surface area contributed by atoms with Crippen LogP contribution in [0.1, 0.15) is 21.6 Å². The molecule has 3 aromatic rings. The standard InChI is InChI=1S/C20H19ClN4O4/c1-14-11-19(25(27)28)23-24(14)10-9-22-20(26)16-4-2-3-15(12-16)13-29-18-7-5-17(21)6-8-18/h2-8,11-12H,9-10,13H2,1H3,(H,22,26). The fourth-order valence-electron chi connectivity index (χ4n) is 2.69. The average Bonchev–Trinajstić information content (AvgIpc) is 3.09. The second kappa shape index (κ2) is 9.20. The third kappa shape index (κ3) is 5.55. The molecule has 0 atom stereocenters. The summed E-state index contributed by atoms with van der Waals surface area (Å²) in [7, 11) is 0. The van der Waals surface area contributed by atoms with Crippen molar-refractivity contribution in [2.45, 2.75) is 20.1 Å². The number of aromatic nitrogens is 2. The summed E-state index contributed by atoms with van der Waals surface area (Å²) in [6, 6.07) is 15.6. The second-order valence-electron chi connectivity index (χ2n) is 6.32. The number of carbonyl (C=O) groups is 1. The number of rotatable bonds is 8. The monoisotopic (exact) mass is 414 g/mol. The van der Waals surface area contributed by atoms with E-state index in [0.29, 0.717) is 41.7 Å². The van der Waals surface area contributed by atoms with Gasteiger partial charge in [0.1, 0.15) is 12.4 Å². The zero-order chi connectivity index (χ0) is 20.8. The molecule has 1 aromatic heterocycles. The first kappa shape index (κ1) is 20.3. The van der Waals surface area contributed by atoms with Crippen molar-refractivity contribution in [1.82, 2.24) is 15.1 Å². The molecule has 0 fully saturated rings. The molecule has 1 heterocycles. The maximum Gasteiger partial charge on any atom is 0.390 e. The van der Waals surface area contributed by atoms with E-state index in [0.717, 1.165) is 5.56 Å². The number of aryl methyl sites for hydroxylation is 1. The van der Waals surface area contributed by atoms with E-state index in [1.54, 1.807) is 49.4 Å². The van der Waals surface area contributed by atoms with Gasteiger partial charge in [-0.25, -0.2) is 0 Å². The molecular formula is C20H19ClN4O4. The number of nitrogens with zero attached hydrogens (tertiary/aromatic N) is 3. The Hall–Kier alpha value is -3.39. The molecule has 0 aliphatic carbocycles. The lowest BCUT2D eigenvalue weighted by molar-refractivity contribution is -0.389. The number of nitrogens with one attached hydrogen (secondary N) is 1. The van der Waals surface area contributed by atoms with Gasteiger partial charge < -0.3 is 20.2 Å². The van der Waals surface area contributed by atoms with E-state index >= 15 is 0 Å². The van der Waals surface area contributed by atoms with Crippen molar-refractivity contribution < 1.29 is 14.5 Å². The smallest absolute Gasteiger partial charge is 0.390 e. The number of amides is 1. The molecule has 3 rings (SSSR count). The van der Waals surface area contributed by atoms with Crippen LogP contribution in [0.2, 0.25) is 5.02 Å². The fraction of sp³-hybridized carbons (Fsp3) is 0.200. The Morgan fingerprint density at radius 3 is 2.69 bits per heavy atom. The summed E-state index contributed by atoms with van der Waals surface area (Å²) < 4.78 is 7.19. The van der Waals surface area contributed by atoms with Crippen LogP contribution < -0.4 is 10.1 Å². The maximum absolute atomic E-state index is 12.4.